The van der Waals surface area contributed by atoms with Crippen LogP contribution in [0.15, 0.2) is 54.6 Å². The van der Waals surface area contributed by atoms with E-state index in [0.717, 1.165) is 13.1 Å². The lowest BCUT2D eigenvalue weighted by Gasteiger charge is -2.11. The van der Waals surface area contributed by atoms with E-state index in [0.29, 0.717) is 27.0 Å². The lowest BCUT2D eigenvalue weighted by atomic mass is 10.1. The number of fused-ring (bicyclic) bond motifs is 1. The van der Waals surface area contributed by atoms with Gasteiger partial charge in [0.25, 0.3) is 5.91 Å². The lowest BCUT2D eigenvalue weighted by Crippen LogP contribution is -2.18. The SMILES string of the molecule is CN1Cc2ccc(NC(=O)c3cc(NC(=O)[C@H]4[C@H](c5cc(Cl)cc(Cl)c5)C4(Cl)Cl)ccc3Cl)cc2C1. The van der Waals surface area contributed by atoms with Gasteiger partial charge < -0.3 is 10.6 Å². The van der Waals surface area contributed by atoms with Crippen LogP contribution in [0, 0.1) is 5.92 Å². The maximum absolute atomic E-state index is 13.1. The molecule has 1 fully saturated rings. The van der Waals surface area contributed by atoms with Gasteiger partial charge in [0.2, 0.25) is 5.91 Å². The van der Waals surface area contributed by atoms with E-state index < -0.39 is 22.1 Å². The van der Waals surface area contributed by atoms with E-state index in [1.807, 2.05) is 25.2 Å². The number of hydrogen-bond acceptors (Lipinski definition) is 3. The molecule has 0 bridgehead atoms. The number of halogens is 5. The van der Waals surface area contributed by atoms with Gasteiger partial charge in [0.05, 0.1) is 16.5 Å². The summed E-state index contributed by atoms with van der Waals surface area (Å²) in [5.74, 6) is -1.99. The molecule has 5 nitrogen and oxygen atoms in total. The van der Waals surface area contributed by atoms with Gasteiger partial charge in [0, 0.05) is 40.4 Å². The first-order valence-electron chi connectivity index (χ1n) is 11.1. The van der Waals surface area contributed by atoms with Crippen LogP contribution in [0.4, 0.5) is 11.4 Å². The van der Waals surface area contributed by atoms with Gasteiger partial charge in [-0.1, -0.05) is 40.9 Å². The lowest BCUT2D eigenvalue weighted by molar-refractivity contribution is -0.117. The predicted molar refractivity (Wildman–Crippen MR) is 147 cm³/mol. The number of carbonyl (C=O) groups excluding carboxylic acids is 2. The first kappa shape index (κ1) is 25.7. The Hall–Kier alpha value is -1.99. The molecule has 1 heterocycles. The van der Waals surface area contributed by atoms with E-state index in [1.165, 1.54) is 17.2 Å². The van der Waals surface area contributed by atoms with Crippen LogP contribution in [0.25, 0.3) is 0 Å². The largest absolute Gasteiger partial charge is 0.326 e. The maximum Gasteiger partial charge on any atom is 0.257 e. The molecule has 1 saturated carbocycles. The third-order valence-corrected chi connectivity index (χ3v) is 8.11. The van der Waals surface area contributed by atoms with Gasteiger partial charge in [0.15, 0.2) is 0 Å². The van der Waals surface area contributed by atoms with Gasteiger partial charge >= 0.3 is 0 Å². The minimum absolute atomic E-state index is 0.226. The Labute approximate surface area is 233 Å². The van der Waals surface area contributed by atoms with Crippen molar-refractivity contribution in [3.8, 4) is 0 Å². The summed E-state index contributed by atoms with van der Waals surface area (Å²) in [6.45, 7) is 1.71. The molecule has 10 heteroatoms. The molecular formula is C26H20Cl5N3O2. The minimum Gasteiger partial charge on any atom is -0.326 e. The Morgan fingerprint density at radius 2 is 1.50 bits per heavy atom. The van der Waals surface area contributed by atoms with Crippen molar-refractivity contribution in [2.45, 2.75) is 23.3 Å². The van der Waals surface area contributed by atoms with Crippen LogP contribution in [0.5, 0.6) is 0 Å². The quantitative estimate of drug-likeness (QED) is 0.308. The minimum atomic E-state index is -1.31. The second-order valence-electron chi connectivity index (χ2n) is 9.13. The van der Waals surface area contributed by atoms with Gasteiger partial charge in [0.1, 0.15) is 4.33 Å². The highest BCUT2D eigenvalue weighted by atomic mass is 35.5. The van der Waals surface area contributed by atoms with Crippen molar-refractivity contribution in [2.75, 3.05) is 17.7 Å². The van der Waals surface area contributed by atoms with Gasteiger partial charge in [-0.2, -0.15) is 0 Å². The normalized spacial score (nSPS) is 20.1. The molecule has 0 spiro atoms. The summed E-state index contributed by atoms with van der Waals surface area (Å²) in [6.07, 6.45) is 0. The van der Waals surface area contributed by atoms with Gasteiger partial charge in [-0.25, -0.2) is 0 Å². The molecule has 186 valence electrons. The molecule has 0 aromatic heterocycles. The number of anilines is 2. The number of benzene rings is 3. The molecule has 0 radical (unpaired) electrons. The monoisotopic (exact) mass is 581 g/mol. The Bertz CT molecular complexity index is 1370. The zero-order valence-corrected chi connectivity index (χ0v) is 22.7. The average molecular weight is 584 g/mol. The highest BCUT2D eigenvalue weighted by Gasteiger charge is 2.67. The van der Waals surface area contributed by atoms with Crippen LogP contribution in [0.1, 0.15) is 33.0 Å². The number of hydrogen-bond donors (Lipinski definition) is 2. The van der Waals surface area contributed by atoms with E-state index >= 15 is 0 Å². The molecule has 2 atom stereocenters. The number of rotatable bonds is 5. The maximum atomic E-state index is 13.1. The topological polar surface area (TPSA) is 61.4 Å². The van der Waals surface area contributed by atoms with Crippen molar-refractivity contribution in [2.24, 2.45) is 5.92 Å². The fourth-order valence-electron chi connectivity index (χ4n) is 4.66. The number of nitrogens with zero attached hydrogens (tertiary/aromatic N) is 1. The molecule has 1 aliphatic heterocycles. The number of amides is 2. The zero-order valence-electron chi connectivity index (χ0n) is 18.9. The number of nitrogens with one attached hydrogen (secondary N) is 2. The predicted octanol–water partition coefficient (Wildman–Crippen LogP) is 7.37. The average Bonchev–Trinajstić information content (AvgIpc) is 3.18. The molecule has 2 aliphatic rings. The molecule has 2 N–H and O–H groups in total. The fourth-order valence-corrected chi connectivity index (χ4v) is 6.23. The van der Waals surface area contributed by atoms with Crippen LogP contribution in [-0.4, -0.2) is 28.1 Å². The molecule has 0 saturated heterocycles. The highest BCUT2D eigenvalue weighted by Crippen LogP contribution is 2.65. The second kappa shape index (κ2) is 9.71. The standard InChI is InChI=1S/C26H20Cl5N3O2/c1-34-11-13-2-3-18(8-15(13)12-34)32-24(35)20-10-19(4-5-21(20)29)33-25(36)23-22(26(23,30)31)14-6-16(27)9-17(28)7-14/h2-10,22-23H,11-12H2,1H3,(H,32,35)(H,33,36)/t22-,23+/m0/s1. The summed E-state index contributed by atoms with van der Waals surface area (Å²) in [4.78, 5) is 28.2. The summed E-state index contributed by atoms with van der Waals surface area (Å²) in [6, 6.07) is 15.5. The van der Waals surface area contributed by atoms with Crippen molar-refractivity contribution in [3.05, 3.63) is 91.9 Å². The zero-order chi connectivity index (χ0) is 25.8. The summed E-state index contributed by atoms with van der Waals surface area (Å²) in [5.41, 5.74) is 4.39. The van der Waals surface area contributed by atoms with Gasteiger partial charge in [-0.05, 0) is 72.3 Å². The van der Waals surface area contributed by atoms with E-state index in [-0.39, 0.29) is 16.5 Å². The van der Waals surface area contributed by atoms with Crippen LogP contribution in [0.2, 0.25) is 15.1 Å². The molecule has 3 aromatic carbocycles. The third-order valence-electron chi connectivity index (χ3n) is 6.40. The smallest absolute Gasteiger partial charge is 0.257 e. The van der Waals surface area contributed by atoms with Crippen LogP contribution in [-0.2, 0) is 17.9 Å². The Balaban J connectivity index is 1.31. The van der Waals surface area contributed by atoms with Crippen molar-refractivity contribution in [3.63, 3.8) is 0 Å². The first-order chi connectivity index (χ1) is 17.0. The summed E-state index contributed by atoms with van der Waals surface area (Å²) in [7, 11) is 2.05. The number of carbonyl (C=O) groups is 2. The Morgan fingerprint density at radius 1 is 0.861 bits per heavy atom. The summed E-state index contributed by atoms with van der Waals surface area (Å²) in [5, 5.41) is 6.80. The summed E-state index contributed by atoms with van der Waals surface area (Å²) < 4.78 is -1.31. The van der Waals surface area contributed by atoms with Gasteiger partial charge in [-0.3, -0.25) is 14.5 Å². The van der Waals surface area contributed by atoms with E-state index in [2.05, 4.69) is 15.5 Å². The van der Waals surface area contributed by atoms with Crippen LogP contribution >= 0.6 is 58.0 Å². The Kier molecular flexibility index (Phi) is 6.92. The molecule has 3 aromatic rings. The van der Waals surface area contributed by atoms with Gasteiger partial charge in [-0.15, -0.1) is 23.2 Å². The fraction of sp³-hybridized carbons (Fsp3) is 0.231. The molecule has 2 amide bonds. The third kappa shape index (κ3) is 5.06. The molecular weight excluding hydrogens is 564 g/mol. The first-order valence-corrected chi connectivity index (χ1v) is 13.0. The van der Waals surface area contributed by atoms with Crippen molar-refractivity contribution in [1.82, 2.24) is 4.90 Å². The van der Waals surface area contributed by atoms with E-state index in [9.17, 15) is 9.59 Å². The van der Waals surface area contributed by atoms with Crippen LogP contribution in [0.3, 0.4) is 0 Å². The van der Waals surface area contributed by atoms with Crippen molar-refractivity contribution < 1.29 is 9.59 Å². The molecule has 5 rings (SSSR count). The molecule has 0 unspecified atom stereocenters. The summed E-state index contributed by atoms with van der Waals surface area (Å²) >= 11 is 31.4. The van der Waals surface area contributed by atoms with E-state index in [1.54, 1.807) is 30.3 Å². The molecule has 36 heavy (non-hydrogen) atoms. The Morgan fingerprint density at radius 3 is 2.22 bits per heavy atom. The van der Waals surface area contributed by atoms with Crippen molar-refractivity contribution in [1.29, 1.82) is 0 Å². The van der Waals surface area contributed by atoms with Crippen molar-refractivity contribution >= 4 is 81.2 Å². The van der Waals surface area contributed by atoms with E-state index in [4.69, 9.17) is 58.0 Å². The number of alkyl halides is 2. The highest BCUT2D eigenvalue weighted by molar-refractivity contribution is 6.53. The second-order valence-corrected chi connectivity index (χ2v) is 11.9. The van der Waals surface area contributed by atoms with Crippen LogP contribution < -0.4 is 10.6 Å². The molecule has 1 aliphatic carbocycles.